The fourth-order valence-corrected chi connectivity index (χ4v) is 2.18. The normalized spacial score (nSPS) is 13.3. The lowest BCUT2D eigenvalue weighted by Gasteiger charge is -2.15. The molecule has 0 atom stereocenters. The van der Waals surface area contributed by atoms with Crippen LogP contribution in [0.1, 0.15) is 10.4 Å². The number of rotatable bonds is 6. The molecule has 1 aromatic rings. The van der Waals surface area contributed by atoms with E-state index in [1.54, 1.807) is 0 Å². The first-order valence-electron chi connectivity index (χ1n) is 7.07. The number of carbonyl (C=O) groups excluding carboxylic acids is 3. The van der Waals surface area contributed by atoms with Gasteiger partial charge in [0, 0.05) is 25.2 Å². The van der Waals surface area contributed by atoms with E-state index < -0.39 is 24.5 Å². The third kappa shape index (κ3) is 3.50. The number of imide groups is 1. The van der Waals surface area contributed by atoms with Crippen LogP contribution in [0.2, 0.25) is 0 Å². The number of methoxy groups -OCH3 is 3. The van der Waals surface area contributed by atoms with Gasteiger partial charge in [-0.1, -0.05) is 0 Å². The minimum atomic E-state index is -0.777. The minimum Gasteiger partial charge on any atom is -0.496 e. The van der Waals surface area contributed by atoms with Crippen LogP contribution in [0.25, 0.3) is 0 Å². The number of amides is 3. The smallest absolute Gasteiger partial charge is 0.342 e. The average molecular weight is 338 g/mol. The molecule has 0 bridgehead atoms. The quantitative estimate of drug-likeness (QED) is 0.750. The van der Waals surface area contributed by atoms with Crippen molar-refractivity contribution in [1.82, 2.24) is 10.2 Å². The largest absolute Gasteiger partial charge is 0.496 e. The zero-order chi connectivity index (χ0) is 17.7. The van der Waals surface area contributed by atoms with Crippen LogP contribution >= 0.6 is 0 Å². The van der Waals surface area contributed by atoms with E-state index in [0.29, 0.717) is 18.0 Å². The summed E-state index contributed by atoms with van der Waals surface area (Å²) in [5.74, 6) is -0.464. The summed E-state index contributed by atoms with van der Waals surface area (Å²) in [4.78, 5) is 36.5. The molecule has 1 N–H and O–H groups in total. The Morgan fingerprint density at radius 2 is 1.71 bits per heavy atom. The van der Waals surface area contributed by atoms with E-state index in [9.17, 15) is 14.4 Å². The summed E-state index contributed by atoms with van der Waals surface area (Å²) < 4.78 is 20.4. The Morgan fingerprint density at radius 1 is 1.08 bits per heavy atom. The zero-order valence-electron chi connectivity index (χ0n) is 13.6. The number of nitrogens with one attached hydrogen (secondary N) is 1. The zero-order valence-corrected chi connectivity index (χ0v) is 13.6. The summed E-state index contributed by atoms with van der Waals surface area (Å²) in [5, 5.41) is 2.49. The number of urea groups is 1. The van der Waals surface area contributed by atoms with Crippen LogP contribution in [0.15, 0.2) is 12.1 Å². The van der Waals surface area contributed by atoms with E-state index in [0.717, 1.165) is 4.90 Å². The van der Waals surface area contributed by atoms with E-state index in [4.69, 9.17) is 18.9 Å². The van der Waals surface area contributed by atoms with Crippen molar-refractivity contribution in [2.24, 2.45) is 0 Å². The molecule has 9 nitrogen and oxygen atoms in total. The minimum absolute atomic E-state index is 0.0776. The fourth-order valence-electron chi connectivity index (χ4n) is 2.18. The molecule has 1 fully saturated rings. The van der Waals surface area contributed by atoms with Gasteiger partial charge in [0.15, 0.2) is 18.1 Å². The molecule has 1 aliphatic heterocycles. The summed E-state index contributed by atoms with van der Waals surface area (Å²) in [5.41, 5.74) is 0.0776. The highest BCUT2D eigenvalue weighted by Gasteiger charge is 2.27. The monoisotopic (exact) mass is 338 g/mol. The lowest BCUT2D eigenvalue weighted by molar-refractivity contribution is -0.130. The highest BCUT2D eigenvalue weighted by Crippen LogP contribution is 2.34. The standard InChI is InChI=1S/C15H18N2O7/c1-21-10-7-12(23-3)11(22-2)6-9(10)14(19)24-8-13(18)17-5-4-16-15(17)20/h6-7H,4-5,8H2,1-3H3,(H,16,20). The van der Waals surface area contributed by atoms with Gasteiger partial charge in [0.2, 0.25) is 0 Å². The number of hydrogen-bond donors (Lipinski definition) is 1. The third-order valence-electron chi connectivity index (χ3n) is 3.41. The van der Waals surface area contributed by atoms with Crippen LogP contribution < -0.4 is 19.5 Å². The van der Waals surface area contributed by atoms with Crippen LogP contribution in [0, 0.1) is 0 Å². The van der Waals surface area contributed by atoms with E-state index in [1.165, 1.54) is 33.5 Å². The molecular formula is C15H18N2O7. The lowest BCUT2D eigenvalue weighted by atomic mass is 10.1. The summed E-state index contributed by atoms with van der Waals surface area (Å²) in [6.07, 6.45) is 0. The molecule has 1 aromatic carbocycles. The fraction of sp³-hybridized carbons (Fsp3) is 0.400. The van der Waals surface area contributed by atoms with Gasteiger partial charge in [0.25, 0.3) is 5.91 Å². The highest BCUT2D eigenvalue weighted by atomic mass is 16.5. The van der Waals surface area contributed by atoms with Gasteiger partial charge in [-0.3, -0.25) is 9.69 Å². The molecule has 0 spiro atoms. The van der Waals surface area contributed by atoms with Crippen LogP contribution in [0.3, 0.4) is 0 Å². The van der Waals surface area contributed by atoms with Crippen molar-refractivity contribution in [3.63, 3.8) is 0 Å². The van der Waals surface area contributed by atoms with E-state index in [2.05, 4.69) is 5.32 Å². The second kappa shape index (κ2) is 7.53. The molecule has 1 saturated heterocycles. The molecule has 9 heteroatoms. The first-order chi connectivity index (χ1) is 11.5. The molecule has 0 radical (unpaired) electrons. The van der Waals surface area contributed by atoms with E-state index in [1.807, 2.05) is 0 Å². The second-order valence-corrected chi connectivity index (χ2v) is 4.76. The van der Waals surface area contributed by atoms with Gasteiger partial charge in [0.05, 0.1) is 21.3 Å². The van der Waals surface area contributed by atoms with Crippen molar-refractivity contribution in [3.8, 4) is 17.2 Å². The van der Waals surface area contributed by atoms with Crippen LogP contribution in [0.5, 0.6) is 17.2 Å². The van der Waals surface area contributed by atoms with Crippen molar-refractivity contribution in [2.75, 3.05) is 41.0 Å². The van der Waals surface area contributed by atoms with Gasteiger partial charge in [-0.2, -0.15) is 0 Å². The van der Waals surface area contributed by atoms with Crippen molar-refractivity contribution in [3.05, 3.63) is 17.7 Å². The summed E-state index contributed by atoms with van der Waals surface area (Å²) in [6.45, 7) is 0.0701. The lowest BCUT2D eigenvalue weighted by Crippen LogP contribution is -2.37. The van der Waals surface area contributed by atoms with Gasteiger partial charge in [0.1, 0.15) is 11.3 Å². The Kier molecular flexibility index (Phi) is 5.46. The Balaban J connectivity index is 2.11. The SMILES string of the molecule is COc1cc(OC)c(C(=O)OCC(=O)N2CCNC2=O)cc1OC. The molecule has 24 heavy (non-hydrogen) atoms. The molecule has 0 saturated carbocycles. The Bertz CT molecular complexity index is 659. The van der Waals surface area contributed by atoms with Crippen LogP contribution in [-0.2, 0) is 9.53 Å². The molecule has 130 valence electrons. The topological polar surface area (TPSA) is 103 Å². The van der Waals surface area contributed by atoms with E-state index >= 15 is 0 Å². The van der Waals surface area contributed by atoms with Gasteiger partial charge in [-0.25, -0.2) is 9.59 Å². The summed E-state index contributed by atoms with van der Waals surface area (Å²) in [6, 6.07) is 2.37. The summed E-state index contributed by atoms with van der Waals surface area (Å²) in [7, 11) is 4.27. The molecule has 2 rings (SSSR count). The number of esters is 1. The Hall–Kier alpha value is -2.97. The van der Waals surface area contributed by atoms with Crippen molar-refractivity contribution < 1.29 is 33.3 Å². The first kappa shape index (κ1) is 17.4. The number of nitrogens with zero attached hydrogens (tertiary/aromatic N) is 1. The van der Waals surface area contributed by atoms with Gasteiger partial charge in [-0.05, 0) is 0 Å². The molecular weight excluding hydrogens is 320 g/mol. The maximum absolute atomic E-state index is 12.2. The predicted molar refractivity (Wildman–Crippen MR) is 81.5 cm³/mol. The second-order valence-electron chi connectivity index (χ2n) is 4.76. The maximum Gasteiger partial charge on any atom is 0.342 e. The van der Waals surface area contributed by atoms with E-state index in [-0.39, 0.29) is 17.9 Å². The van der Waals surface area contributed by atoms with Crippen molar-refractivity contribution in [1.29, 1.82) is 0 Å². The first-order valence-corrected chi connectivity index (χ1v) is 7.07. The molecule has 3 amide bonds. The number of hydrogen-bond acceptors (Lipinski definition) is 7. The van der Waals surface area contributed by atoms with Crippen LogP contribution in [-0.4, -0.2) is 63.8 Å². The van der Waals surface area contributed by atoms with Crippen molar-refractivity contribution in [2.45, 2.75) is 0 Å². The third-order valence-corrected chi connectivity index (χ3v) is 3.41. The maximum atomic E-state index is 12.2. The predicted octanol–water partition coefficient (Wildman–Crippen LogP) is 0.421. The number of benzene rings is 1. The van der Waals surface area contributed by atoms with Gasteiger partial charge < -0.3 is 24.3 Å². The highest BCUT2D eigenvalue weighted by molar-refractivity contribution is 5.99. The number of ether oxygens (including phenoxy) is 4. The number of carbonyl (C=O) groups is 3. The molecule has 0 aromatic heterocycles. The van der Waals surface area contributed by atoms with Gasteiger partial charge >= 0.3 is 12.0 Å². The molecule has 1 aliphatic rings. The molecule has 1 heterocycles. The summed E-state index contributed by atoms with van der Waals surface area (Å²) >= 11 is 0. The molecule has 0 unspecified atom stereocenters. The van der Waals surface area contributed by atoms with Gasteiger partial charge in [-0.15, -0.1) is 0 Å². The molecule has 0 aliphatic carbocycles. The average Bonchev–Trinajstić information content (AvgIpc) is 3.04. The Morgan fingerprint density at radius 3 is 2.25 bits per heavy atom. The van der Waals surface area contributed by atoms with Crippen LogP contribution in [0.4, 0.5) is 4.79 Å². The Labute approximate surface area is 138 Å². The van der Waals surface area contributed by atoms with Crippen molar-refractivity contribution >= 4 is 17.9 Å².